The molecule has 2 nitrogen and oxygen atoms in total. The van der Waals surface area contributed by atoms with E-state index in [2.05, 4.69) is 6.92 Å². The maximum atomic E-state index is 11.3. The maximum absolute atomic E-state index is 11.3. The number of amides is 1. The molecule has 0 aromatic carbocycles. The summed E-state index contributed by atoms with van der Waals surface area (Å²) in [5, 5.41) is 0. The van der Waals surface area contributed by atoms with Crippen LogP contribution in [0.4, 0.5) is 0 Å². The van der Waals surface area contributed by atoms with Gasteiger partial charge >= 0.3 is 0 Å². The zero-order valence-electron chi connectivity index (χ0n) is 7.55. The van der Waals surface area contributed by atoms with Crippen LogP contribution in [-0.4, -0.2) is 29.3 Å². The molecular formula is C9H16ClNO. The van der Waals surface area contributed by atoms with Crippen LogP contribution in [0.2, 0.25) is 0 Å². The summed E-state index contributed by atoms with van der Waals surface area (Å²) in [7, 11) is 0. The zero-order valence-corrected chi connectivity index (χ0v) is 8.31. The molecule has 0 radical (unpaired) electrons. The molecule has 1 heterocycles. The fourth-order valence-corrected chi connectivity index (χ4v) is 1.98. The summed E-state index contributed by atoms with van der Waals surface area (Å²) in [6.07, 6.45) is 4.60. The van der Waals surface area contributed by atoms with Crippen molar-refractivity contribution in [2.75, 3.05) is 12.4 Å². The van der Waals surface area contributed by atoms with Gasteiger partial charge in [-0.1, -0.05) is 6.92 Å². The second kappa shape index (κ2) is 4.70. The third-order valence-electron chi connectivity index (χ3n) is 2.53. The van der Waals surface area contributed by atoms with Crippen LogP contribution in [0.25, 0.3) is 0 Å². The summed E-state index contributed by atoms with van der Waals surface area (Å²) in [4.78, 5) is 13.3. The van der Waals surface area contributed by atoms with E-state index >= 15 is 0 Å². The van der Waals surface area contributed by atoms with Crippen molar-refractivity contribution in [3.63, 3.8) is 0 Å². The SMILES string of the molecule is CCC1CCCCN1C(=O)CCl. The number of halogens is 1. The Balaban J connectivity index is 2.52. The van der Waals surface area contributed by atoms with Crippen molar-refractivity contribution in [3.05, 3.63) is 0 Å². The van der Waals surface area contributed by atoms with Crippen molar-refractivity contribution < 1.29 is 4.79 Å². The first-order valence-electron chi connectivity index (χ1n) is 4.65. The van der Waals surface area contributed by atoms with Crippen molar-refractivity contribution >= 4 is 17.5 Å². The topological polar surface area (TPSA) is 20.3 Å². The Labute approximate surface area is 78.9 Å². The fourth-order valence-electron chi connectivity index (χ4n) is 1.83. The molecule has 1 unspecified atom stereocenters. The second-order valence-corrected chi connectivity index (χ2v) is 3.55. The van der Waals surface area contributed by atoms with Gasteiger partial charge in [-0.25, -0.2) is 0 Å². The van der Waals surface area contributed by atoms with E-state index < -0.39 is 0 Å². The van der Waals surface area contributed by atoms with Crippen LogP contribution in [0.5, 0.6) is 0 Å². The van der Waals surface area contributed by atoms with Crippen LogP contribution >= 0.6 is 11.6 Å². The van der Waals surface area contributed by atoms with Gasteiger partial charge in [-0.05, 0) is 25.7 Å². The van der Waals surface area contributed by atoms with Crippen molar-refractivity contribution in [2.45, 2.75) is 38.6 Å². The number of alkyl halides is 1. The average Bonchev–Trinajstić information content (AvgIpc) is 2.16. The number of piperidine rings is 1. The largest absolute Gasteiger partial charge is 0.339 e. The summed E-state index contributed by atoms with van der Waals surface area (Å²) in [6, 6.07) is 0.449. The molecule has 0 spiro atoms. The van der Waals surface area contributed by atoms with Crippen LogP contribution in [-0.2, 0) is 4.79 Å². The van der Waals surface area contributed by atoms with Crippen LogP contribution in [0.15, 0.2) is 0 Å². The molecule has 1 rings (SSSR count). The van der Waals surface area contributed by atoms with E-state index in [4.69, 9.17) is 11.6 Å². The standard InChI is InChI=1S/C9H16ClNO/c1-2-8-5-3-4-6-11(8)9(12)7-10/h8H,2-7H2,1H3. The van der Waals surface area contributed by atoms with Gasteiger partial charge in [0.25, 0.3) is 0 Å². The molecule has 0 bridgehead atoms. The Kier molecular flexibility index (Phi) is 3.86. The zero-order chi connectivity index (χ0) is 8.97. The van der Waals surface area contributed by atoms with Crippen molar-refractivity contribution in [1.82, 2.24) is 4.90 Å². The number of carbonyl (C=O) groups excluding carboxylic acids is 1. The Morgan fingerprint density at radius 1 is 1.58 bits per heavy atom. The molecule has 70 valence electrons. The van der Waals surface area contributed by atoms with Gasteiger partial charge in [-0.2, -0.15) is 0 Å². The third kappa shape index (κ3) is 2.13. The highest BCUT2D eigenvalue weighted by Gasteiger charge is 2.23. The smallest absolute Gasteiger partial charge is 0.237 e. The Hall–Kier alpha value is -0.240. The van der Waals surface area contributed by atoms with E-state index in [1.54, 1.807) is 0 Å². The highest BCUT2D eigenvalue weighted by Crippen LogP contribution is 2.19. The summed E-state index contributed by atoms with van der Waals surface area (Å²) < 4.78 is 0. The monoisotopic (exact) mass is 189 g/mol. The van der Waals surface area contributed by atoms with Gasteiger partial charge in [-0.3, -0.25) is 4.79 Å². The normalized spacial score (nSPS) is 24.2. The van der Waals surface area contributed by atoms with Crippen molar-refractivity contribution in [1.29, 1.82) is 0 Å². The number of likely N-dealkylation sites (tertiary alicyclic amines) is 1. The number of nitrogens with zero attached hydrogens (tertiary/aromatic N) is 1. The van der Waals surface area contributed by atoms with Crippen LogP contribution in [0, 0.1) is 0 Å². The fraction of sp³-hybridized carbons (Fsp3) is 0.889. The van der Waals surface area contributed by atoms with Gasteiger partial charge in [0.15, 0.2) is 0 Å². The van der Waals surface area contributed by atoms with Gasteiger partial charge < -0.3 is 4.90 Å². The first kappa shape index (κ1) is 9.85. The van der Waals surface area contributed by atoms with Crippen molar-refractivity contribution in [2.24, 2.45) is 0 Å². The molecule has 0 aliphatic carbocycles. The van der Waals surface area contributed by atoms with E-state index in [1.165, 1.54) is 6.42 Å². The molecule has 1 aliphatic heterocycles. The lowest BCUT2D eigenvalue weighted by Crippen LogP contribution is -2.43. The molecule has 1 atom stereocenters. The minimum Gasteiger partial charge on any atom is -0.339 e. The van der Waals surface area contributed by atoms with Crippen LogP contribution in [0.1, 0.15) is 32.6 Å². The maximum Gasteiger partial charge on any atom is 0.237 e. The van der Waals surface area contributed by atoms with Crippen LogP contribution < -0.4 is 0 Å². The number of rotatable bonds is 2. The lowest BCUT2D eigenvalue weighted by molar-refractivity contribution is -0.132. The summed E-state index contributed by atoms with van der Waals surface area (Å²) >= 11 is 5.52. The minimum absolute atomic E-state index is 0.100. The molecule has 0 saturated carbocycles. The van der Waals surface area contributed by atoms with E-state index in [9.17, 15) is 4.79 Å². The molecule has 12 heavy (non-hydrogen) atoms. The third-order valence-corrected chi connectivity index (χ3v) is 2.76. The molecule has 1 amide bonds. The second-order valence-electron chi connectivity index (χ2n) is 3.28. The van der Waals surface area contributed by atoms with Gasteiger partial charge in [0.05, 0.1) is 0 Å². The first-order chi connectivity index (χ1) is 5.79. The van der Waals surface area contributed by atoms with Gasteiger partial charge in [-0.15, -0.1) is 11.6 Å². The quantitative estimate of drug-likeness (QED) is 0.609. The predicted octanol–water partition coefficient (Wildman–Crippen LogP) is 2.02. The van der Waals surface area contributed by atoms with E-state index in [0.29, 0.717) is 6.04 Å². The molecule has 1 fully saturated rings. The van der Waals surface area contributed by atoms with Gasteiger partial charge in [0.1, 0.15) is 5.88 Å². The average molecular weight is 190 g/mol. The van der Waals surface area contributed by atoms with E-state index in [-0.39, 0.29) is 11.8 Å². The molecule has 1 saturated heterocycles. The first-order valence-corrected chi connectivity index (χ1v) is 5.18. The molecule has 0 aromatic rings. The summed E-state index contributed by atoms with van der Waals surface area (Å²) in [5.74, 6) is 0.236. The van der Waals surface area contributed by atoms with Crippen molar-refractivity contribution in [3.8, 4) is 0 Å². The molecule has 0 N–H and O–H groups in total. The highest BCUT2D eigenvalue weighted by atomic mass is 35.5. The Morgan fingerprint density at radius 3 is 2.92 bits per heavy atom. The summed E-state index contributed by atoms with van der Waals surface area (Å²) in [5.41, 5.74) is 0. The van der Waals surface area contributed by atoms with Gasteiger partial charge in [0, 0.05) is 12.6 Å². The molecule has 3 heteroatoms. The molecule has 0 aromatic heterocycles. The number of carbonyl (C=O) groups is 1. The molecule has 1 aliphatic rings. The summed E-state index contributed by atoms with van der Waals surface area (Å²) in [6.45, 7) is 3.04. The van der Waals surface area contributed by atoms with E-state index in [1.807, 2.05) is 4.90 Å². The van der Waals surface area contributed by atoms with Crippen LogP contribution in [0.3, 0.4) is 0 Å². The van der Waals surface area contributed by atoms with E-state index in [0.717, 1.165) is 25.8 Å². The molecular weight excluding hydrogens is 174 g/mol. The number of hydrogen-bond acceptors (Lipinski definition) is 1. The minimum atomic E-state index is 0.100. The lowest BCUT2D eigenvalue weighted by Gasteiger charge is -2.34. The predicted molar refractivity (Wildman–Crippen MR) is 50.4 cm³/mol. The lowest BCUT2D eigenvalue weighted by atomic mass is 10.0. The number of hydrogen-bond donors (Lipinski definition) is 0. The highest BCUT2D eigenvalue weighted by molar-refractivity contribution is 6.27. The Bertz CT molecular complexity index is 161. The Morgan fingerprint density at radius 2 is 2.33 bits per heavy atom. The van der Waals surface area contributed by atoms with Gasteiger partial charge in [0.2, 0.25) is 5.91 Å².